The van der Waals surface area contributed by atoms with Gasteiger partial charge in [0.15, 0.2) is 0 Å². The van der Waals surface area contributed by atoms with Crippen LogP contribution in [-0.4, -0.2) is 24.5 Å². The van der Waals surface area contributed by atoms with Gasteiger partial charge in [-0.15, -0.1) is 0 Å². The van der Waals surface area contributed by atoms with E-state index in [1.807, 2.05) is 117 Å². The molecule has 0 aliphatic carbocycles. The maximum atomic E-state index is 12.8. The van der Waals surface area contributed by atoms with Crippen LogP contribution in [-0.2, 0) is 13.1 Å². The van der Waals surface area contributed by atoms with Gasteiger partial charge in [0.1, 0.15) is 11.4 Å². The summed E-state index contributed by atoms with van der Waals surface area (Å²) in [5.74, 6) is 0. The normalized spacial score (nSPS) is 10.6. The van der Waals surface area contributed by atoms with E-state index < -0.39 is 0 Å². The van der Waals surface area contributed by atoms with Crippen molar-refractivity contribution in [3.63, 3.8) is 0 Å². The molecule has 0 aliphatic rings. The van der Waals surface area contributed by atoms with Gasteiger partial charge in [-0.25, -0.2) is 9.36 Å². The Morgan fingerprint density at radius 2 is 1.10 bits per heavy atom. The number of nitrogens with zero attached hydrogens (tertiary/aromatic N) is 5. The summed E-state index contributed by atoms with van der Waals surface area (Å²) < 4.78 is 2.96. The van der Waals surface area contributed by atoms with Crippen molar-refractivity contribution in [1.82, 2.24) is 24.5 Å². The Hall–Kier alpha value is -6.35. The molecule has 0 radical (unpaired) electrons. The molecule has 0 fully saturated rings. The summed E-state index contributed by atoms with van der Waals surface area (Å²) in [6, 6.07) is 41.1. The van der Waals surface area contributed by atoms with Gasteiger partial charge in [0.05, 0.1) is 23.3 Å². The molecule has 238 valence electrons. The highest BCUT2D eigenvalue weighted by molar-refractivity contribution is 5.95. The molecule has 4 aromatic carbocycles. The second-order valence-electron chi connectivity index (χ2n) is 10.9. The average Bonchev–Trinajstić information content (AvgIpc) is 3.15. The Kier molecular flexibility index (Phi) is 9.77. The molecule has 7 aromatic rings. The molecule has 0 atom stereocenters. The van der Waals surface area contributed by atoms with E-state index in [0.29, 0.717) is 24.5 Å². The Balaban J connectivity index is 0.000000170. The lowest BCUT2D eigenvalue weighted by atomic mass is 10.1. The van der Waals surface area contributed by atoms with E-state index in [4.69, 9.17) is 0 Å². The first kappa shape index (κ1) is 31.6. The molecule has 3 aromatic heterocycles. The van der Waals surface area contributed by atoms with E-state index in [0.717, 1.165) is 44.7 Å². The molecule has 0 unspecified atom stereocenters. The number of rotatable bonds is 8. The van der Waals surface area contributed by atoms with Crippen LogP contribution in [0.2, 0.25) is 0 Å². The number of fused-ring (bicyclic) bond motifs is 1. The molecule has 9 heteroatoms. The van der Waals surface area contributed by atoms with Crippen molar-refractivity contribution in [3.05, 3.63) is 160 Å². The second-order valence-corrected chi connectivity index (χ2v) is 10.9. The van der Waals surface area contributed by atoms with E-state index >= 15 is 0 Å². The number of aromatic nitrogens is 5. The predicted molar refractivity (Wildman–Crippen MR) is 194 cm³/mol. The van der Waals surface area contributed by atoms with Crippen LogP contribution < -0.4 is 21.8 Å². The Morgan fingerprint density at radius 1 is 0.562 bits per heavy atom. The van der Waals surface area contributed by atoms with Gasteiger partial charge in [-0.3, -0.25) is 14.6 Å². The van der Waals surface area contributed by atoms with E-state index in [1.54, 1.807) is 18.5 Å². The smallest absolute Gasteiger partial charge is 0.290 e. The van der Waals surface area contributed by atoms with Crippen molar-refractivity contribution in [1.29, 1.82) is 0 Å². The topological polar surface area (TPSA) is 107 Å². The minimum atomic E-state index is -0.147. The highest BCUT2D eigenvalue weighted by Crippen LogP contribution is 2.27. The van der Waals surface area contributed by atoms with E-state index in [9.17, 15) is 9.59 Å². The first-order valence-corrected chi connectivity index (χ1v) is 15.8. The zero-order chi connectivity index (χ0) is 33.3. The van der Waals surface area contributed by atoms with E-state index in [1.165, 1.54) is 9.36 Å². The molecule has 9 nitrogen and oxygen atoms in total. The number of aryl methyl sites for hydroxylation is 2. The van der Waals surface area contributed by atoms with Gasteiger partial charge in [0.2, 0.25) is 0 Å². The van der Waals surface area contributed by atoms with Crippen molar-refractivity contribution in [2.75, 3.05) is 10.6 Å². The quantitative estimate of drug-likeness (QED) is 0.175. The lowest BCUT2D eigenvalue weighted by molar-refractivity contribution is 0.621. The Morgan fingerprint density at radius 3 is 1.67 bits per heavy atom. The molecule has 3 heterocycles. The number of nitrogens with one attached hydrogen (secondary N) is 2. The maximum absolute atomic E-state index is 12.8. The number of benzene rings is 4. The summed E-state index contributed by atoms with van der Waals surface area (Å²) in [5, 5.41) is 17.6. The van der Waals surface area contributed by atoms with Gasteiger partial charge in [-0.05, 0) is 49.6 Å². The summed E-state index contributed by atoms with van der Waals surface area (Å²) in [7, 11) is 0. The fourth-order valence-electron chi connectivity index (χ4n) is 5.26. The summed E-state index contributed by atoms with van der Waals surface area (Å²) >= 11 is 0. The van der Waals surface area contributed by atoms with Gasteiger partial charge in [-0.1, -0.05) is 97.1 Å². The zero-order valence-electron chi connectivity index (χ0n) is 26.7. The molecule has 2 N–H and O–H groups in total. The van der Waals surface area contributed by atoms with Gasteiger partial charge in [-0.2, -0.15) is 10.2 Å². The summed E-state index contributed by atoms with van der Waals surface area (Å²) in [5.41, 5.74) is 5.91. The molecule has 0 spiro atoms. The van der Waals surface area contributed by atoms with Gasteiger partial charge >= 0.3 is 0 Å². The molecule has 0 amide bonds. The van der Waals surface area contributed by atoms with Crippen molar-refractivity contribution in [3.8, 4) is 22.5 Å². The Labute approximate surface area is 278 Å². The van der Waals surface area contributed by atoms with Crippen LogP contribution in [0.25, 0.3) is 33.3 Å². The zero-order valence-corrected chi connectivity index (χ0v) is 26.7. The Bertz CT molecular complexity index is 2250. The van der Waals surface area contributed by atoms with Crippen LogP contribution in [0, 0.1) is 0 Å². The molecule has 48 heavy (non-hydrogen) atoms. The average molecular weight is 634 g/mol. The van der Waals surface area contributed by atoms with Crippen LogP contribution >= 0.6 is 0 Å². The van der Waals surface area contributed by atoms with Crippen molar-refractivity contribution in [2.45, 2.75) is 26.9 Å². The number of hydrogen-bond donors (Lipinski definition) is 2. The fraction of sp³-hybridized carbons (Fsp3) is 0.103. The first-order valence-electron chi connectivity index (χ1n) is 15.8. The lowest BCUT2D eigenvalue weighted by Crippen LogP contribution is -2.24. The summed E-state index contributed by atoms with van der Waals surface area (Å²) in [4.78, 5) is 29.2. The summed E-state index contributed by atoms with van der Waals surface area (Å²) in [6.45, 7) is 4.85. The summed E-state index contributed by atoms with van der Waals surface area (Å²) in [6.07, 6.45) is 3.37. The SMILES string of the molecule is CCn1nc(-c2ccccc2)cc(Nc2cccc3ccccc23)c1=O.CCn1nc(-c2ccccc2)cc(Nc2cccnc2)c1=O. The molecular weight excluding hydrogens is 598 g/mol. The molecule has 0 bridgehead atoms. The van der Waals surface area contributed by atoms with Crippen LogP contribution in [0.15, 0.2) is 149 Å². The third-order valence-electron chi connectivity index (χ3n) is 7.69. The third-order valence-corrected chi connectivity index (χ3v) is 7.69. The van der Waals surface area contributed by atoms with Crippen LogP contribution in [0.4, 0.5) is 22.7 Å². The molecule has 0 aliphatic heterocycles. The maximum Gasteiger partial charge on any atom is 0.290 e. The molecular formula is C39H35N7O2. The van der Waals surface area contributed by atoms with Gasteiger partial charge in [0.25, 0.3) is 11.1 Å². The number of hydrogen-bond acceptors (Lipinski definition) is 7. The first-order chi connectivity index (χ1) is 23.5. The monoisotopic (exact) mass is 633 g/mol. The highest BCUT2D eigenvalue weighted by Gasteiger charge is 2.12. The van der Waals surface area contributed by atoms with Crippen LogP contribution in [0.3, 0.4) is 0 Å². The predicted octanol–water partition coefficient (Wildman–Crippen LogP) is 7.90. The van der Waals surface area contributed by atoms with Crippen LogP contribution in [0.1, 0.15) is 13.8 Å². The molecule has 0 saturated heterocycles. The van der Waals surface area contributed by atoms with Crippen molar-refractivity contribution in [2.24, 2.45) is 0 Å². The minimum Gasteiger partial charge on any atom is -0.350 e. The van der Waals surface area contributed by atoms with Crippen molar-refractivity contribution >= 4 is 33.5 Å². The molecule has 7 rings (SSSR count). The van der Waals surface area contributed by atoms with Gasteiger partial charge < -0.3 is 10.6 Å². The fourth-order valence-corrected chi connectivity index (χ4v) is 5.26. The molecule has 0 saturated carbocycles. The third kappa shape index (κ3) is 7.21. The number of anilines is 4. The van der Waals surface area contributed by atoms with E-state index in [2.05, 4.69) is 44.0 Å². The highest BCUT2D eigenvalue weighted by atomic mass is 16.1. The van der Waals surface area contributed by atoms with E-state index in [-0.39, 0.29) is 11.1 Å². The largest absolute Gasteiger partial charge is 0.350 e. The number of pyridine rings is 1. The lowest BCUT2D eigenvalue weighted by Gasteiger charge is -2.13. The minimum absolute atomic E-state index is 0.125. The van der Waals surface area contributed by atoms with Gasteiger partial charge in [0, 0.05) is 41.5 Å². The van der Waals surface area contributed by atoms with Crippen LogP contribution in [0.5, 0.6) is 0 Å². The standard InChI is InChI=1S/C22H19N3O.C17H16N4O/c1-2-25-22(26)21(15-20(24-25)17-10-4-3-5-11-17)23-19-14-8-12-16-9-6-7-13-18(16)19;1-2-21-17(22)16(19-14-9-6-10-18-12-14)11-15(20-21)13-7-4-3-5-8-13/h3-15,23H,2H2,1H3;3-12,19H,2H2,1H3. The van der Waals surface area contributed by atoms with Crippen molar-refractivity contribution < 1.29 is 0 Å². The second kappa shape index (κ2) is 14.8.